The third-order valence-corrected chi connectivity index (χ3v) is 3.75. The molecule has 1 unspecified atom stereocenters. The van der Waals surface area contributed by atoms with Crippen LogP contribution in [0.3, 0.4) is 0 Å². The van der Waals surface area contributed by atoms with Crippen molar-refractivity contribution in [1.82, 2.24) is 10.2 Å². The Hall–Kier alpha value is -1.85. The Labute approximate surface area is 118 Å². The molecule has 2 N–H and O–H groups in total. The van der Waals surface area contributed by atoms with Gasteiger partial charge in [0.25, 0.3) is 5.91 Å². The maximum absolute atomic E-state index is 12.0. The lowest BCUT2D eigenvalue weighted by molar-refractivity contribution is -0.133. The van der Waals surface area contributed by atoms with Crippen molar-refractivity contribution in [3.05, 3.63) is 11.1 Å². The van der Waals surface area contributed by atoms with Crippen molar-refractivity contribution >= 4 is 17.9 Å². The molecular formula is C14H22N2O4. The second-order valence-corrected chi connectivity index (χ2v) is 5.34. The fraction of sp³-hybridized carbons (Fsp3) is 0.643. The fourth-order valence-electron chi connectivity index (χ4n) is 2.07. The maximum atomic E-state index is 12.0. The summed E-state index contributed by atoms with van der Waals surface area (Å²) in [6, 6.07) is -0.443. The van der Waals surface area contributed by atoms with Crippen LogP contribution in [0.15, 0.2) is 11.1 Å². The van der Waals surface area contributed by atoms with E-state index in [2.05, 4.69) is 12.2 Å². The van der Waals surface area contributed by atoms with E-state index in [0.29, 0.717) is 19.0 Å². The molecule has 1 aliphatic rings. The van der Waals surface area contributed by atoms with E-state index in [0.717, 1.165) is 19.3 Å². The van der Waals surface area contributed by atoms with Gasteiger partial charge in [-0.2, -0.15) is 0 Å². The van der Waals surface area contributed by atoms with Gasteiger partial charge < -0.3 is 10.0 Å². The zero-order valence-electron chi connectivity index (χ0n) is 12.2. The van der Waals surface area contributed by atoms with Crippen LogP contribution in [-0.2, 0) is 9.59 Å². The SMILES string of the molecule is CC(C(=O)O)=C(C)C(=O)NC(=O)N1CCCC(C)CC1. The number of amides is 3. The molecule has 1 aliphatic heterocycles. The molecule has 1 atom stereocenters. The Morgan fingerprint density at radius 1 is 1.10 bits per heavy atom. The molecule has 0 spiro atoms. The van der Waals surface area contributed by atoms with E-state index in [1.807, 2.05) is 0 Å². The predicted octanol–water partition coefficient (Wildman–Crippen LogP) is 1.77. The molecule has 0 radical (unpaired) electrons. The Kier molecular flexibility index (Phi) is 5.73. The molecule has 0 aromatic rings. The third kappa shape index (κ3) is 4.36. The van der Waals surface area contributed by atoms with Crippen molar-refractivity contribution < 1.29 is 19.5 Å². The number of carbonyl (C=O) groups is 3. The van der Waals surface area contributed by atoms with E-state index in [9.17, 15) is 14.4 Å². The number of rotatable bonds is 2. The van der Waals surface area contributed by atoms with Gasteiger partial charge in [-0.25, -0.2) is 9.59 Å². The largest absolute Gasteiger partial charge is 0.478 e. The van der Waals surface area contributed by atoms with Crippen LogP contribution in [0.25, 0.3) is 0 Å². The molecule has 1 rings (SSSR count). The van der Waals surface area contributed by atoms with E-state index < -0.39 is 17.9 Å². The zero-order chi connectivity index (χ0) is 15.3. The van der Waals surface area contributed by atoms with Gasteiger partial charge >= 0.3 is 12.0 Å². The molecule has 0 aromatic heterocycles. The summed E-state index contributed by atoms with van der Waals surface area (Å²) in [5.41, 5.74) is -0.00571. The Balaban J connectivity index is 2.64. The van der Waals surface area contributed by atoms with Crippen molar-refractivity contribution in [2.24, 2.45) is 5.92 Å². The van der Waals surface area contributed by atoms with Crippen LogP contribution in [0.4, 0.5) is 4.79 Å². The Morgan fingerprint density at radius 2 is 1.75 bits per heavy atom. The number of likely N-dealkylation sites (tertiary alicyclic amines) is 1. The van der Waals surface area contributed by atoms with Crippen molar-refractivity contribution in [2.45, 2.75) is 40.0 Å². The first-order valence-electron chi connectivity index (χ1n) is 6.84. The highest BCUT2D eigenvalue weighted by Crippen LogP contribution is 2.16. The summed E-state index contributed by atoms with van der Waals surface area (Å²) in [4.78, 5) is 36.2. The third-order valence-electron chi connectivity index (χ3n) is 3.75. The number of carboxylic acid groups (broad SMARTS) is 1. The highest BCUT2D eigenvalue weighted by molar-refractivity contribution is 6.07. The van der Waals surface area contributed by atoms with Gasteiger partial charge in [0.15, 0.2) is 0 Å². The van der Waals surface area contributed by atoms with E-state index in [-0.39, 0.29) is 11.1 Å². The van der Waals surface area contributed by atoms with Gasteiger partial charge in [-0.05, 0) is 39.0 Å². The molecule has 0 bridgehead atoms. The molecule has 0 aromatic carbocycles. The summed E-state index contributed by atoms with van der Waals surface area (Å²) in [6.07, 6.45) is 2.92. The monoisotopic (exact) mass is 282 g/mol. The van der Waals surface area contributed by atoms with Crippen molar-refractivity contribution in [3.8, 4) is 0 Å². The maximum Gasteiger partial charge on any atom is 0.331 e. The quantitative estimate of drug-likeness (QED) is 0.756. The molecule has 112 valence electrons. The van der Waals surface area contributed by atoms with Gasteiger partial charge in [0.05, 0.1) is 0 Å². The van der Waals surface area contributed by atoms with E-state index >= 15 is 0 Å². The van der Waals surface area contributed by atoms with Crippen LogP contribution in [0, 0.1) is 5.92 Å². The molecule has 0 saturated carbocycles. The molecular weight excluding hydrogens is 260 g/mol. The first-order chi connectivity index (χ1) is 9.32. The predicted molar refractivity (Wildman–Crippen MR) is 74.1 cm³/mol. The number of urea groups is 1. The number of hydrogen-bond acceptors (Lipinski definition) is 3. The lowest BCUT2D eigenvalue weighted by Crippen LogP contribution is -2.43. The van der Waals surface area contributed by atoms with E-state index in [1.165, 1.54) is 13.8 Å². The summed E-state index contributed by atoms with van der Waals surface area (Å²) in [7, 11) is 0. The molecule has 1 fully saturated rings. The van der Waals surface area contributed by atoms with Gasteiger partial charge in [-0.15, -0.1) is 0 Å². The van der Waals surface area contributed by atoms with Gasteiger partial charge in [0.1, 0.15) is 0 Å². The van der Waals surface area contributed by atoms with Crippen molar-refractivity contribution in [2.75, 3.05) is 13.1 Å². The van der Waals surface area contributed by atoms with Crippen molar-refractivity contribution in [3.63, 3.8) is 0 Å². The molecule has 3 amide bonds. The number of carboxylic acids is 1. The second-order valence-electron chi connectivity index (χ2n) is 5.34. The Bertz CT molecular complexity index is 442. The van der Waals surface area contributed by atoms with Gasteiger partial charge in [0.2, 0.25) is 0 Å². The number of nitrogens with zero attached hydrogens (tertiary/aromatic N) is 1. The average Bonchev–Trinajstić information content (AvgIpc) is 2.61. The van der Waals surface area contributed by atoms with Crippen LogP contribution in [0.1, 0.15) is 40.0 Å². The summed E-state index contributed by atoms with van der Waals surface area (Å²) < 4.78 is 0. The minimum Gasteiger partial charge on any atom is -0.478 e. The smallest absolute Gasteiger partial charge is 0.331 e. The summed E-state index contributed by atoms with van der Waals surface area (Å²) in [5, 5.41) is 11.1. The molecule has 6 nitrogen and oxygen atoms in total. The molecule has 6 heteroatoms. The first kappa shape index (κ1) is 16.2. The summed E-state index contributed by atoms with van der Waals surface area (Å²) in [6.45, 7) is 6.15. The number of aliphatic carboxylic acids is 1. The lowest BCUT2D eigenvalue weighted by Gasteiger charge is -2.20. The minimum atomic E-state index is -1.16. The summed E-state index contributed by atoms with van der Waals surface area (Å²) in [5.74, 6) is -1.22. The number of imide groups is 1. The van der Waals surface area contributed by atoms with Crippen molar-refractivity contribution in [1.29, 1.82) is 0 Å². The van der Waals surface area contributed by atoms with Crippen LogP contribution in [-0.4, -0.2) is 41.0 Å². The molecule has 0 aliphatic carbocycles. The highest BCUT2D eigenvalue weighted by atomic mass is 16.4. The zero-order valence-corrected chi connectivity index (χ0v) is 12.2. The minimum absolute atomic E-state index is 0.0500. The highest BCUT2D eigenvalue weighted by Gasteiger charge is 2.21. The topological polar surface area (TPSA) is 86.7 Å². The first-order valence-corrected chi connectivity index (χ1v) is 6.84. The molecule has 20 heavy (non-hydrogen) atoms. The number of nitrogens with one attached hydrogen (secondary N) is 1. The van der Waals surface area contributed by atoms with E-state index in [4.69, 9.17) is 5.11 Å². The van der Waals surface area contributed by atoms with Gasteiger partial charge in [0, 0.05) is 24.2 Å². The summed E-state index contributed by atoms with van der Waals surface area (Å²) >= 11 is 0. The lowest BCUT2D eigenvalue weighted by atomic mass is 10.0. The molecule has 1 heterocycles. The normalized spacial score (nSPS) is 20.8. The van der Waals surface area contributed by atoms with Crippen LogP contribution >= 0.6 is 0 Å². The Morgan fingerprint density at radius 3 is 2.35 bits per heavy atom. The van der Waals surface area contributed by atoms with Crippen LogP contribution in [0.2, 0.25) is 0 Å². The fourth-order valence-corrected chi connectivity index (χ4v) is 2.07. The average molecular weight is 282 g/mol. The van der Waals surface area contributed by atoms with Crippen LogP contribution in [0.5, 0.6) is 0 Å². The standard InChI is InChI=1S/C14H22N2O4/c1-9-5-4-7-16(8-6-9)14(20)15-12(17)10(2)11(3)13(18)19/h9H,4-8H2,1-3H3,(H,18,19)(H,15,17,20). The number of carbonyl (C=O) groups excluding carboxylic acids is 2. The van der Waals surface area contributed by atoms with Crippen LogP contribution < -0.4 is 5.32 Å². The second kappa shape index (κ2) is 7.07. The van der Waals surface area contributed by atoms with Gasteiger partial charge in [-0.3, -0.25) is 10.1 Å². The molecule has 1 saturated heterocycles. The van der Waals surface area contributed by atoms with Gasteiger partial charge in [-0.1, -0.05) is 6.92 Å². The van der Waals surface area contributed by atoms with E-state index in [1.54, 1.807) is 4.90 Å². The number of hydrogen-bond donors (Lipinski definition) is 2.